The molecule has 1 aliphatic rings. The second kappa shape index (κ2) is 5.30. The second-order valence-corrected chi connectivity index (χ2v) is 4.37. The Balaban J connectivity index is 2.09. The first-order valence-electron chi connectivity index (χ1n) is 5.82. The Hall–Kier alpha value is -1.09. The molecule has 0 unspecified atom stereocenters. The SMILES string of the molecule is COc1ccc(F)cc1C[C@H]1CCCNC1. The number of rotatable bonds is 3. The number of nitrogens with one attached hydrogen (secondary N) is 1. The van der Waals surface area contributed by atoms with E-state index in [1.54, 1.807) is 19.2 Å². The van der Waals surface area contributed by atoms with E-state index in [9.17, 15) is 4.39 Å². The molecule has 0 radical (unpaired) electrons. The highest BCUT2D eigenvalue weighted by Crippen LogP contribution is 2.24. The van der Waals surface area contributed by atoms with E-state index in [2.05, 4.69) is 5.32 Å². The third kappa shape index (κ3) is 2.73. The third-order valence-electron chi connectivity index (χ3n) is 3.15. The predicted molar refractivity (Wildman–Crippen MR) is 62.2 cm³/mol. The number of piperidine rings is 1. The van der Waals surface area contributed by atoms with E-state index in [1.807, 2.05) is 0 Å². The molecule has 0 amide bonds. The summed E-state index contributed by atoms with van der Waals surface area (Å²) in [6, 6.07) is 4.75. The van der Waals surface area contributed by atoms with Crippen LogP contribution in [-0.2, 0) is 6.42 Å². The van der Waals surface area contributed by atoms with Gasteiger partial charge >= 0.3 is 0 Å². The molecule has 1 heterocycles. The van der Waals surface area contributed by atoms with Gasteiger partial charge in [0.15, 0.2) is 0 Å². The Labute approximate surface area is 95.8 Å². The fraction of sp³-hybridized carbons (Fsp3) is 0.538. The Morgan fingerprint density at radius 1 is 1.50 bits per heavy atom. The molecule has 1 fully saturated rings. The lowest BCUT2D eigenvalue weighted by molar-refractivity contribution is 0.363. The van der Waals surface area contributed by atoms with Gasteiger partial charge in [0.05, 0.1) is 7.11 Å². The highest BCUT2D eigenvalue weighted by Gasteiger charge is 2.16. The number of benzene rings is 1. The van der Waals surface area contributed by atoms with Crippen LogP contribution in [0.5, 0.6) is 5.75 Å². The van der Waals surface area contributed by atoms with E-state index in [-0.39, 0.29) is 5.82 Å². The van der Waals surface area contributed by atoms with Crippen LogP contribution in [0.25, 0.3) is 0 Å². The van der Waals surface area contributed by atoms with E-state index in [1.165, 1.54) is 18.9 Å². The van der Waals surface area contributed by atoms with Crippen LogP contribution in [-0.4, -0.2) is 20.2 Å². The van der Waals surface area contributed by atoms with Gasteiger partial charge in [0.2, 0.25) is 0 Å². The first kappa shape index (κ1) is 11.4. The maximum absolute atomic E-state index is 13.2. The van der Waals surface area contributed by atoms with Gasteiger partial charge in [-0.25, -0.2) is 4.39 Å². The smallest absolute Gasteiger partial charge is 0.123 e. The zero-order chi connectivity index (χ0) is 11.4. The summed E-state index contributed by atoms with van der Waals surface area (Å²) in [5, 5.41) is 3.37. The van der Waals surface area contributed by atoms with E-state index < -0.39 is 0 Å². The van der Waals surface area contributed by atoms with Crippen molar-refractivity contribution in [3.63, 3.8) is 0 Å². The fourth-order valence-corrected chi connectivity index (χ4v) is 2.32. The van der Waals surface area contributed by atoms with Gasteiger partial charge in [-0.3, -0.25) is 0 Å². The first-order chi connectivity index (χ1) is 7.79. The van der Waals surface area contributed by atoms with Crippen molar-refractivity contribution in [2.45, 2.75) is 19.3 Å². The molecule has 1 N–H and O–H groups in total. The molecule has 0 aromatic heterocycles. The van der Waals surface area contributed by atoms with Gasteiger partial charge < -0.3 is 10.1 Å². The van der Waals surface area contributed by atoms with Crippen LogP contribution < -0.4 is 10.1 Å². The Morgan fingerprint density at radius 3 is 3.06 bits per heavy atom. The standard InChI is InChI=1S/C13H18FNO/c1-16-13-5-4-12(14)8-11(13)7-10-3-2-6-15-9-10/h4-5,8,10,15H,2-3,6-7,9H2,1H3/t10-/m1/s1. The molecule has 2 nitrogen and oxygen atoms in total. The van der Waals surface area contributed by atoms with Gasteiger partial charge in [-0.2, -0.15) is 0 Å². The molecule has 88 valence electrons. The molecule has 1 aromatic rings. The van der Waals surface area contributed by atoms with Crippen molar-refractivity contribution in [1.29, 1.82) is 0 Å². The molecule has 0 bridgehead atoms. The quantitative estimate of drug-likeness (QED) is 0.849. The summed E-state index contributed by atoms with van der Waals surface area (Å²) >= 11 is 0. The minimum atomic E-state index is -0.181. The molecule has 1 saturated heterocycles. The van der Waals surface area contributed by atoms with Crippen molar-refractivity contribution in [3.05, 3.63) is 29.6 Å². The Bertz CT molecular complexity index is 348. The van der Waals surface area contributed by atoms with Gasteiger partial charge in [0, 0.05) is 0 Å². The lowest BCUT2D eigenvalue weighted by atomic mass is 9.92. The number of halogens is 1. The Kier molecular flexibility index (Phi) is 3.78. The largest absolute Gasteiger partial charge is 0.496 e. The van der Waals surface area contributed by atoms with Crippen LogP contribution in [0.2, 0.25) is 0 Å². The average Bonchev–Trinajstić information content (AvgIpc) is 2.31. The van der Waals surface area contributed by atoms with Gasteiger partial charge in [-0.1, -0.05) is 0 Å². The number of hydrogen-bond acceptors (Lipinski definition) is 2. The highest BCUT2D eigenvalue weighted by molar-refractivity contribution is 5.34. The normalized spacial score (nSPS) is 20.8. The second-order valence-electron chi connectivity index (χ2n) is 4.37. The predicted octanol–water partition coefficient (Wildman–Crippen LogP) is 2.38. The molecule has 0 saturated carbocycles. The average molecular weight is 223 g/mol. The Morgan fingerprint density at radius 2 is 2.38 bits per heavy atom. The van der Waals surface area contributed by atoms with Crippen molar-refractivity contribution < 1.29 is 9.13 Å². The summed E-state index contributed by atoms with van der Waals surface area (Å²) in [6.45, 7) is 2.14. The minimum absolute atomic E-state index is 0.181. The van der Waals surface area contributed by atoms with E-state index in [0.29, 0.717) is 5.92 Å². The van der Waals surface area contributed by atoms with Crippen LogP contribution in [0, 0.1) is 11.7 Å². The van der Waals surface area contributed by atoms with Crippen LogP contribution in [0.1, 0.15) is 18.4 Å². The summed E-state index contributed by atoms with van der Waals surface area (Å²) in [5.74, 6) is 1.22. The van der Waals surface area contributed by atoms with Gasteiger partial charge in [0.25, 0.3) is 0 Å². The molecule has 0 spiro atoms. The number of ether oxygens (including phenoxy) is 1. The van der Waals surface area contributed by atoms with Crippen molar-refractivity contribution >= 4 is 0 Å². The topological polar surface area (TPSA) is 21.3 Å². The van der Waals surface area contributed by atoms with Crippen LogP contribution in [0.3, 0.4) is 0 Å². The fourth-order valence-electron chi connectivity index (χ4n) is 2.32. The molecule has 1 aliphatic heterocycles. The summed E-state index contributed by atoms with van der Waals surface area (Å²) in [5.41, 5.74) is 0.983. The monoisotopic (exact) mass is 223 g/mol. The summed E-state index contributed by atoms with van der Waals surface area (Å²) in [4.78, 5) is 0. The summed E-state index contributed by atoms with van der Waals surface area (Å²) in [7, 11) is 1.63. The molecule has 16 heavy (non-hydrogen) atoms. The molecule has 0 aliphatic carbocycles. The molecule has 2 rings (SSSR count). The lowest BCUT2D eigenvalue weighted by Gasteiger charge is -2.23. The summed E-state index contributed by atoms with van der Waals surface area (Å²) in [6.07, 6.45) is 3.32. The molecule has 1 atom stereocenters. The zero-order valence-electron chi connectivity index (χ0n) is 9.63. The van der Waals surface area contributed by atoms with Crippen molar-refractivity contribution in [3.8, 4) is 5.75 Å². The van der Waals surface area contributed by atoms with Crippen LogP contribution >= 0.6 is 0 Å². The first-order valence-corrected chi connectivity index (χ1v) is 5.82. The van der Waals surface area contributed by atoms with E-state index >= 15 is 0 Å². The van der Waals surface area contributed by atoms with Gasteiger partial charge in [-0.15, -0.1) is 0 Å². The van der Waals surface area contributed by atoms with Crippen LogP contribution in [0.15, 0.2) is 18.2 Å². The maximum Gasteiger partial charge on any atom is 0.123 e. The zero-order valence-corrected chi connectivity index (χ0v) is 9.63. The van der Waals surface area contributed by atoms with E-state index in [0.717, 1.165) is 30.8 Å². The molecule has 3 heteroatoms. The minimum Gasteiger partial charge on any atom is -0.496 e. The molecule has 1 aromatic carbocycles. The lowest BCUT2D eigenvalue weighted by Crippen LogP contribution is -2.30. The maximum atomic E-state index is 13.2. The number of hydrogen-bond donors (Lipinski definition) is 1. The van der Waals surface area contributed by atoms with Crippen molar-refractivity contribution in [2.75, 3.05) is 20.2 Å². The van der Waals surface area contributed by atoms with Crippen LogP contribution in [0.4, 0.5) is 4.39 Å². The van der Waals surface area contributed by atoms with Gasteiger partial charge in [-0.05, 0) is 62.0 Å². The molecular formula is C13H18FNO. The molecular weight excluding hydrogens is 205 g/mol. The van der Waals surface area contributed by atoms with E-state index in [4.69, 9.17) is 4.74 Å². The summed E-state index contributed by atoms with van der Waals surface area (Å²) < 4.78 is 18.4. The number of methoxy groups -OCH3 is 1. The van der Waals surface area contributed by atoms with Crippen molar-refractivity contribution in [1.82, 2.24) is 5.32 Å². The van der Waals surface area contributed by atoms with Gasteiger partial charge in [0.1, 0.15) is 11.6 Å². The highest BCUT2D eigenvalue weighted by atomic mass is 19.1. The van der Waals surface area contributed by atoms with Crippen molar-refractivity contribution in [2.24, 2.45) is 5.92 Å². The third-order valence-corrected chi connectivity index (χ3v) is 3.15.